The Bertz CT molecular complexity index is 590. The molecule has 0 radical (unpaired) electrons. The first-order valence-electron chi connectivity index (χ1n) is 5.69. The van der Waals surface area contributed by atoms with Crippen molar-refractivity contribution in [2.45, 2.75) is 19.4 Å². The van der Waals surface area contributed by atoms with Crippen LogP contribution in [0.3, 0.4) is 0 Å². The van der Waals surface area contributed by atoms with Gasteiger partial charge in [0.2, 0.25) is 0 Å². The minimum Gasteiger partial charge on any atom is -0.545 e. The monoisotopic (exact) mass is 281 g/mol. The number of esters is 1. The van der Waals surface area contributed by atoms with Crippen molar-refractivity contribution in [3.05, 3.63) is 47.3 Å². The van der Waals surface area contributed by atoms with Crippen LogP contribution in [-0.2, 0) is 14.3 Å². The molecule has 0 aliphatic carbocycles. The van der Waals surface area contributed by atoms with Gasteiger partial charge in [-0.15, -0.1) is 0 Å². The van der Waals surface area contributed by atoms with Crippen LogP contribution in [0.4, 0.5) is 0 Å². The van der Waals surface area contributed by atoms with E-state index >= 15 is 0 Å². The minimum atomic E-state index is -1.53. The van der Waals surface area contributed by atoms with Gasteiger partial charge in [-0.05, 0) is 25.5 Å². The van der Waals surface area contributed by atoms with E-state index in [1.54, 1.807) is 44.5 Å². The maximum Gasteiger partial charge on any atom is 1.00 e. The summed E-state index contributed by atoms with van der Waals surface area (Å²) in [6.07, 6.45) is 6.48. The molecule has 0 N–H and O–H groups in total. The average molecular weight is 281 g/mol. The quantitative estimate of drug-likeness (QED) is 0.347. The fraction of sp³-hybridized carbons (Fsp3) is 0.214. The Labute approximate surface area is 138 Å². The molecule has 0 fully saturated rings. The number of rotatable bonds is 3. The van der Waals surface area contributed by atoms with E-state index in [9.17, 15) is 14.7 Å². The smallest absolute Gasteiger partial charge is 0.545 e. The van der Waals surface area contributed by atoms with Gasteiger partial charge in [0.15, 0.2) is 0 Å². The van der Waals surface area contributed by atoms with Crippen molar-refractivity contribution >= 4 is 18.0 Å². The zero-order valence-corrected chi connectivity index (χ0v) is 13.5. The summed E-state index contributed by atoms with van der Waals surface area (Å²) < 4.78 is 5.02. The van der Waals surface area contributed by atoms with Gasteiger partial charge >= 0.3 is 35.5 Å². The number of nitrogens with zero attached hydrogens (tertiary/aromatic N) is 1. The minimum absolute atomic E-state index is 0. The Balaban J connectivity index is 0.00000200. The van der Waals surface area contributed by atoms with E-state index in [-0.39, 0.29) is 29.6 Å². The van der Waals surface area contributed by atoms with Crippen LogP contribution < -0.4 is 34.7 Å². The Morgan fingerprint density at radius 3 is 2.65 bits per heavy atom. The molecular weight excluding hydrogens is 269 g/mol. The van der Waals surface area contributed by atoms with E-state index in [2.05, 4.69) is 4.98 Å². The second-order valence-corrected chi connectivity index (χ2v) is 4.60. The molecule has 0 aromatic carbocycles. The summed E-state index contributed by atoms with van der Waals surface area (Å²) >= 11 is 0. The van der Waals surface area contributed by atoms with Crippen LogP contribution in [0.5, 0.6) is 0 Å². The van der Waals surface area contributed by atoms with Gasteiger partial charge in [-0.2, -0.15) is 0 Å². The first kappa shape index (κ1) is 16.6. The number of ether oxygens (including phenoxy) is 1. The number of cyclic esters (lactones) is 1. The molecule has 1 aliphatic rings. The Hall–Kier alpha value is -1.43. The number of hydrogen-bond donors (Lipinski definition) is 0. The number of pyridine rings is 1. The Morgan fingerprint density at radius 1 is 1.40 bits per heavy atom. The molecule has 0 saturated heterocycles. The summed E-state index contributed by atoms with van der Waals surface area (Å²) in [5, 5.41) is 11.0. The van der Waals surface area contributed by atoms with Crippen LogP contribution in [0.1, 0.15) is 19.4 Å². The first-order valence-corrected chi connectivity index (χ1v) is 5.69. The fourth-order valence-corrected chi connectivity index (χ4v) is 1.88. The van der Waals surface area contributed by atoms with E-state index in [0.29, 0.717) is 5.57 Å². The van der Waals surface area contributed by atoms with E-state index < -0.39 is 23.1 Å². The van der Waals surface area contributed by atoms with E-state index in [1.807, 2.05) is 6.07 Å². The topological polar surface area (TPSA) is 79.3 Å². The SMILES string of the molecule is CC1(C)OC(=O)C(C(=O)[O-])=C1/C=C/c1cccnc1.[Na+]. The van der Waals surface area contributed by atoms with E-state index in [1.165, 1.54) is 0 Å². The van der Waals surface area contributed by atoms with Gasteiger partial charge in [0.1, 0.15) is 5.60 Å². The molecule has 20 heavy (non-hydrogen) atoms. The van der Waals surface area contributed by atoms with Gasteiger partial charge in [0, 0.05) is 18.0 Å². The van der Waals surface area contributed by atoms with Crippen LogP contribution in [0.25, 0.3) is 6.08 Å². The third-order valence-corrected chi connectivity index (χ3v) is 2.80. The standard InChI is InChI=1S/C14H13NO4.Na/c1-14(2)10(11(12(16)17)13(18)19-14)6-5-9-4-3-7-15-8-9;/h3-8H,1-2H3,(H,16,17);/q;+1/p-1/b6-5+;. The van der Waals surface area contributed by atoms with Gasteiger partial charge in [0.05, 0.1) is 11.5 Å². The van der Waals surface area contributed by atoms with Crippen LogP contribution in [0.15, 0.2) is 41.7 Å². The summed E-state index contributed by atoms with van der Waals surface area (Å²) in [5.41, 5.74) is -0.320. The number of aliphatic carboxylic acids is 1. The number of carboxylic acid groups (broad SMARTS) is 1. The third kappa shape index (κ3) is 3.36. The molecule has 0 bridgehead atoms. The van der Waals surface area contributed by atoms with Gasteiger partial charge in [0.25, 0.3) is 0 Å². The molecule has 1 aliphatic heterocycles. The van der Waals surface area contributed by atoms with Gasteiger partial charge in [-0.3, -0.25) is 4.98 Å². The maximum absolute atomic E-state index is 11.5. The van der Waals surface area contributed by atoms with Crippen LogP contribution in [0, 0.1) is 0 Å². The number of hydrogen-bond acceptors (Lipinski definition) is 5. The van der Waals surface area contributed by atoms with Crippen molar-refractivity contribution in [3.8, 4) is 0 Å². The zero-order valence-electron chi connectivity index (χ0n) is 11.5. The molecule has 2 rings (SSSR count). The second kappa shape index (κ2) is 6.35. The Kier molecular flexibility index (Phi) is 5.28. The summed E-state index contributed by atoms with van der Waals surface area (Å²) in [6.45, 7) is 3.26. The molecule has 98 valence electrons. The molecular formula is C14H12NNaO4. The summed E-state index contributed by atoms with van der Waals surface area (Å²) in [7, 11) is 0. The largest absolute Gasteiger partial charge is 1.00 e. The molecule has 5 nitrogen and oxygen atoms in total. The van der Waals surface area contributed by atoms with Crippen LogP contribution in [-0.4, -0.2) is 22.5 Å². The number of carbonyl (C=O) groups excluding carboxylic acids is 2. The molecule has 2 heterocycles. The molecule has 1 aromatic heterocycles. The predicted octanol–water partition coefficient (Wildman–Crippen LogP) is -2.52. The van der Waals surface area contributed by atoms with Crippen molar-refractivity contribution in [2.75, 3.05) is 0 Å². The summed E-state index contributed by atoms with van der Waals surface area (Å²) in [5.74, 6) is -2.39. The first-order chi connectivity index (χ1) is 8.92. The van der Waals surface area contributed by atoms with Crippen molar-refractivity contribution < 1.29 is 49.0 Å². The Morgan fingerprint density at radius 2 is 2.10 bits per heavy atom. The van der Waals surface area contributed by atoms with E-state index in [0.717, 1.165) is 5.56 Å². The normalized spacial score (nSPS) is 17.0. The number of aromatic nitrogens is 1. The third-order valence-electron chi connectivity index (χ3n) is 2.80. The molecule has 0 amide bonds. The molecule has 1 aromatic rings. The zero-order chi connectivity index (χ0) is 14.0. The molecule has 0 spiro atoms. The molecule has 6 heteroatoms. The van der Waals surface area contributed by atoms with Crippen LogP contribution in [0.2, 0.25) is 0 Å². The van der Waals surface area contributed by atoms with Gasteiger partial charge in [-0.25, -0.2) is 4.79 Å². The second-order valence-electron chi connectivity index (χ2n) is 4.60. The number of carbonyl (C=O) groups is 2. The summed E-state index contributed by atoms with van der Waals surface area (Å²) in [6, 6.07) is 3.57. The predicted molar refractivity (Wildman–Crippen MR) is 65.5 cm³/mol. The van der Waals surface area contributed by atoms with Crippen molar-refractivity contribution in [1.82, 2.24) is 4.98 Å². The molecule has 0 saturated carbocycles. The van der Waals surface area contributed by atoms with E-state index in [4.69, 9.17) is 4.74 Å². The van der Waals surface area contributed by atoms with Crippen molar-refractivity contribution in [3.63, 3.8) is 0 Å². The molecule has 0 atom stereocenters. The van der Waals surface area contributed by atoms with Gasteiger partial charge < -0.3 is 14.6 Å². The van der Waals surface area contributed by atoms with Crippen LogP contribution >= 0.6 is 0 Å². The summed E-state index contributed by atoms with van der Waals surface area (Å²) in [4.78, 5) is 26.5. The fourth-order valence-electron chi connectivity index (χ4n) is 1.88. The van der Waals surface area contributed by atoms with Gasteiger partial charge in [-0.1, -0.05) is 18.2 Å². The average Bonchev–Trinajstić information content (AvgIpc) is 2.57. The van der Waals surface area contributed by atoms with Crippen molar-refractivity contribution in [1.29, 1.82) is 0 Å². The van der Waals surface area contributed by atoms with Crippen molar-refractivity contribution in [2.24, 2.45) is 0 Å². The number of carboxylic acids is 1. The maximum atomic E-state index is 11.5. The molecule has 0 unspecified atom stereocenters.